The van der Waals surface area contributed by atoms with Crippen molar-refractivity contribution in [1.82, 2.24) is 0 Å². The Balaban J connectivity index is 2.14. The van der Waals surface area contributed by atoms with Gasteiger partial charge in [0.1, 0.15) is 12.4 Å². The van der Waals surface area contributed by atoms with Crippen LogP contribution < -0.4 is 4.74 Å². The summed E-state index contributed by atoms with van der Waals surface area (Å²) >= 11 is 3.99. The van der Waals surface area contributed by atoms with Gasteiger partial charge < -0.3 is 4.74 Å². The molecular weight excluding hydrogens is 236 g/mol. The molecule has 1 aliphatic heterocycles. The highest BCUT2D eigenvalue weighted by Crippen LogP contribution is 2.46. The minimum absolute atomic E-state index is 0.346. The minimum atomic E-state index is 0.346. The predicted molar refractivity (Wildman–Crippen MR) is 73.0 cm³/mol. The number of para-hydroxylation sites is 1. The number of benzene rings is 1. The summed E-state index contributed by atoms with van der Waals surface area (Å²) in [6.07, 6.45) is 6.52. The molecule has 0 N–H and O–H groups in total. The van der Waals surface area contributed by atoms with Crippen LogP contribution in [0.5, 0.6) is 5.75 Å². The first-order chi connectivity index (χ1) is 7.92. The first kappa shape index (κ1) is 11.8. The maximum absolute atomic E-state index is 5.58. The third-order valence-corrected chi connectivity index (χ3v) is 5.29. The Bertz CT molecular complexity index is 378. The average Bonchev–Trinajstić information content (AvgIpc) is 2.38. The van der Waals surface area contributed by atoms with Crippen LogP contribution in [0.3, 0.4) is 0 Å². The molecule has 0 saturated carbocycles. The number of hydrogen-bond donors (Lipinski definition) is 0. The highest BCUT2D eigenvalue weighted by atomic mass is 32.2. The van der Waals surface area contributed by atoms with Crippen LogP contribution in [0.1, 0.15) is 16.6 Å². The molecule has 1 saturated heterocycles. The molecule has 0 aromatic heterocycles. The second-order valence-corrected chi connectivity index (χ2v) is 6.18. The molecular formula is C13H14OS2. The summed E-state index contributed by atoms with van der Waals surface area (Å²) < 4.78 is 6.08. The summed E-state index contributed by atoms with van der Waals surface area (Å²) in [4.78, 5) is 0. The van der Waals surface area contributed by atoms with Crippen LogP contribution in [-0.2, 0) is 0 Å². The zero-order valence-corrected chi connectivity index (χ0v) is 10.7. The fraction of sp³-hybridized carbons (Fsp3) is 0.385. The molecule has 0 unspecified atom stereocenters. The Morgan fingerprint density at radius 1 is 1.31 bits per heavy atom. The van der Waals surface area contributed by atoms with Crippen molar-refractivity contribution in [1.29, 1.82) is 0 Å². The highest BCUT2D eigenvalue weighted by molar-refractivity contribution is 8.16. The van der Waals surface area contributed by atoms with Crippen molar-refractivity contribution in [3.05, 3.63) is 29.8 Å². The Labute approximate surface area is 105 Å². The summed E-state index contributed by atoms with van der Waals surface area (Å²) in [6, 6.07) is 8.20. The van der Waals surface area contributed by atoms with E-state index in [1.54, 1.807) is 0 Å². The van der Waals surface area contributed by atoms with Crippen LogP contribution in [0.4, 0.5) is 0 Å². The van der Waals surface area contributed by atoms with Gasteiger partial charge in [-0.3, -0.25) is 0 Å². The van der Waals surface area contributed by atoms with Crippen LogP contribution in [0, 0.1) is 12.3 Å². The molecule has 0 radical (unpaired) electrons. The van der Waals surface area contributed by atoms with Crippen molar-refractivity contribution in [3.63, 3.8) is 0 Å². The fourth-order valence-corrected chi connectivity index (χ4v) is 4.54. The van der Waals surface area contributed by atoms with Gasteiger partial charge in [-0.15, -0.1) is 29.9 Å². The van der Waals surface area contributed by atoms with E-state index in [-0.39, 0.29) is 0 Å². The van der Waals surface area contributed by atoms with Crippen LogP contribution in [0.2, 0.25) is 0 Å². The highest BCUT2D eigenvalue weighted by Gasteiger charge is 2.19. The van der Waals surface area contributed by atoms with E-state index in [1.807, 2.05) is 35.7 Å². The molecule has 84 valence electrons. The summed E-state index contributed by atoms with van der Waals surface area (Å²) in [5, 5.41) is 0. The second-order valence-electron chi connectivity index (χ2n) is 3.46. The Morgan fingerprint density at radius 2 is 2.06 bits per heavy atom. The van der Waals surface area contributed by atoms with Gasteiger partial charge >= 0.3 is 0 Å². The number of thioether (sulfide) groups is 2. The van der Waals surface area contributed by atoms with Gasteiger partial charge in [-0.1, -0.05) is 24.1 Å². The standard InChI is InChI=1S/C13H14OS2/c1-2-8-14-12-7-4-3-6-11(12)13-15-9-5-10-16-13/h1,3-4,6-7,13H,5,8-10H2. The van der Waals surface area contributed by atoms with Crippen molar-refractivity contribution < 1.29 is 4.74 Å². The lowest BCUT2D eigenvalue weighted by molar-refractivity contribution is 0.367. The molecule has 1 fully saturated rings. The van der Waals surface area contributed by atoms with Crippen molar-refractivity contribution in [2.24, 2.45) is 0 Å². The van der Waals surface area contributed by atoms with E-state index in [2.05, 4.69) is 18.1 Å². The van der Waals surface area contributed by atoms with Gasteiger partial charge in [0.2, 0.25) is 0 Å². The second kappa shape index (κ2) is 6.12. The molecule has 1 aromatic rings. The summed E-state index contributed by atoms with van der Waals surface area (Å²) in [7, 11) is 0. The van der Waals surface area contributed by atoms with E-state index in [0.29, 0.717) is 11.2 Å². The molecule has 1 heterocycles. The van der Waals surface area contributed by atoms with Gasteiger partial charge in [0, 0.05) is 5.56 Å². The van der Waals surface area contributed by atoms with E-state index in [4.69, 9.17) is 11.2 Å². The van der Waals surface area contributed by atoms with E-state index in [1.165, 1.54) is 23.5 Å². The van der Waals surface area contributed by atoms with Gasteiger partial charge in [0.25, 0.3) is 0 Å². The summed E-state index contributed by atoms with van der Waals surface area (Å²) in [6.45, 7) is 0.346. The quantitative estimate of drug-likeness (QED) is 0.759. The molecule has 0 amide bonds. The SMILES string of the molecule is C#CCOc1ccccc1C1SCCCS1. The Hall–Kier alpha value is -0.720. The molecule has 0 atom stereocenters. The van der Waals surface area contributed by atoms with E-state index in [9.17, 15) is 0 Å². The van der Waals surface area contributed by atoms with Crippen molar-refractivity contribution in [2.45, 2.75) is 11.0 Å². The predicted octanol–water partition coefficient (Wildman–Crippen LogP) is 3.57. The van der Waals surface area contributed by atoms with E-state index >= 15 is 0 Å². The molecule has 1 aromatic carbocycles. The molecule has 1 aliphatic rings. The lowest BCUT2D eigenvalue weighted by Gasteiger charge is -2.23. The lowest BCUT2D eigenvalue weighted by Crippen LogP contribution is -2.03. The first-order valence-electron chi connectivity index (χ1n) is 5.30. The monoisotopic (exact) mass is 250 g/mol. The number of hydrogen-bond acceptors (Lipinski definition) is 3. The lowest BCUT2D eigenvalue weighted by atomic mass is 10.2. The molecule has 0 aliphatic carbocycles. The van der Waals surface area contributed by atoms with Crippen LogP contribution in [-0.4, -0.2) is 18.1 Å². The molecule has 3 heteroatoms. The number of terminal acetylenes is 1. The van der Waals surface area contributed by atoms with Crippen molar-refractivity contribution in [3.8, 4) is 18.1 Å². The smallest absolute Gasteiger partial charge is 0.148 e. The maximum Gasteiger partial charge on any atom is 0.148 e. The molecule has 0 bridgehead atoms. The van der Waals surface area contributed by atoms with Gasteiger partial charge in [-0.25, -0.2) is 0 Å². The van der Waals surface area contributed by atoms with Gasteiger partial charge in [0.15, 0.2) is 0 Å². The fourth-order valence-electron chi connectivity index (χ4n) is 1.59. The molecule has 0 spiro atoms. The molecule has 2 rings (SSSR count). The molecule has 1 nitrogen and oxygen atoms in total. The first-order valence-corrected chi connectivity index (χ1v) is 7.40. The van der Waals surface area contributed by atoms with Gasteiger partial charge in [0.05, 0.1) is 4.58 Å². The minimum Gasteiger partial charge on any atom is -0.481 e. The van der Waals surface area contributed by atoms with E-state index in [0.717, 1.165) is 5.75 Å². The van der Waals surface area contributed by atoms with Gasteiger partial charge in [-0.2, -0.15) is 0 Å². The van der Waals surface area contributed by atoms with Crippen LogP contribution in [0.15, 0.2) is 24.3 Å². The van der Waals surface area contributed by atoms with Crippen LogP contribution in [0.25, 0.3) is 0 Å². The summed E-state index contributed by atoms with van der Waals surface area (Å²) in [5.74, 6) is 5.92. The number of ether oxygens (including phenoxy) is 1. The summed E-state index contributed by atoms with van der Waals surface area (Å²) in [5.41, 5.74) is 1.27. The Kier molecular flexibility index (Phi) is 4.50. The van der Waals surface area contributed by atoms with E-state index < -0.39 is 0 Å². The normalized spacial score (nSPS) is 16.7. The average molecular weight is 250 g/mol. The van der Waals surface area contributed by atoms with Crippen LogP contribution >= 0.6 is 23.5 Å². The molecule has 16 heavy (non-hydrogen) atoms. The maximum atomic E-state index is 5.58. The van der Waals surface area contributed by atoms with Gasteiger partial charge in [-0.05, 0) is 24.0 Å². The third kappa shape index (κ3) is 2.90. The largest absolute Gasteiger partial charge is 0.481 e. The number of rotatable bonds is 3. The Morgan fingerprint density at radius 3 is 2.81 bits per heavy atom. The van der Waals surface area contributed by atoms with Crippen molar-refractivity contribution in [2.75, 3.05) is 18.1 Å². The zero-order chi connectivity index (χ0) is 11.2. The third-order valence-electron chi connectivity index (χ3n) is 2.31. The zero-order valence-electron chi connectivity index (χ0n) is 9.02. The van der Waals surface area contributed by atoms with Crippen molar-refractivity contribution >= 4 is 23.5 Å². The topological polar surface area (TPSA) is 9.23 Å².